The molecule has 0 heteroatoms. The maximum atomic E-state index is 2.46. The van der Waals surface area contributed by atoms with Crippen molar-refractivity contribution in [3.63, 3.8) is 0 Å². The first kappa shape index (κ1) is 26.9. The first-order valence-electron chi connectivity index (χ1n) is 16.3. The molecule has 218 valence electrons. The van der Waals surface area contributed by atoms with Crippen LogP contribution in [-0.4, -0.2) is 0 Å². The summed E-state index contributed by atoms with van der Waals surface area (Å²) in [5, 5.41) is 2.57. The Hall–Kier alpha value is -5.46. The van der Waals surface area contributed by atoms with Crippen molar-refractivity contribution >= 4 is 16.8 Å². The van der Waals surface area contributed by atoms with Crippen LogP contribution in [0.15, 0.2) is 175 Å². The molecule has 0 saturated carbocycles. The number of hydrogen-bond donors (Lipinski definition) is 0. The number of benzene rings is 7. The lowest BCUT2D eigenvalue weighted by Gasteiger charge is -2.47. The third-order valence-corrected chi connectivity index (χ3v) is 10.6. The molecule has 2 aliphatic carbocycles. The zero-order valence-electron chi connectivity index (χ0n) is 25.9. The molecule has 0 aromatic heterocycles. The number of hydrogen-bond acceptors (Lipinski definition) is 0. The highest BCUT2D eigenvalue weighted by molar-refractivity contribution is 5.97. The third kappa shape index (κ3) is 3.87. The maximum absolute atomic E-state index is 2.46. The fourth-order valence-corrected chi connectivity index (χ4v) is 8.86. The van der Waals surface area contributed by atoms with E-state index in [4.69, 9.17) is 0 Å². The molecule has 0 aliphatic heterocycles. The van der Waals surface area contributed by atoms with Gasteiger partial charge >= 0.3 is 0 Å². The second kappa shape index (κ2) is 10.6. The number of fused-ring (bicyclic) bond motifs is 5. The summed E-state index contributed by atoms with van der Waals surface area (Å²) in [6, 6.07) is 63.4. The van der Waals surface area contributed by atoms with Gasteiger partial charge in [0.2, 0.25) is 0 Å². The summed E-state index contributed by atoms with van der Waals surface area (Å²) in [6.07, 6.45) is 2.46. The Labute approximate surface area is 271 Å². The van der Waals surface area contributed by atoms with Crippen LogP contribution in [0.2, 0.25) is 0 Å². The van der Waals surface area contributed by atoms with Crippen molar-refractivity contribution in [3.05, 3.63) is 209 Å². The van der Waals surface area contributed by atoms with Crippen LogP contribution in [0.1, 0.15) is 52.1 Å². The van der Waals surface area contributed by atoms with E-state index < -0.39 is 5.41 Å². The molecule has 0 saturated heterocycles. The second-order valence-electron chi connectivity index (χ2n) is 12.9. The van der Waals surface area contributed by atoms with Crippen molar-refractivity contribution in [2.45, 2.75) is 24.2 Å². The Morgan fingerprint density at radius 1 is 0.435 bits per heavy atom. The third-order valence-electron chi connectivity index (χ3n) is 10.6. The van der Waals surface area contributed by atoms with Crippen molar-refractivity contribution in [3.8, 4) is 22.3 Å². The lowest BCUT2D eigenvalue weighted by Crippen LogP contribution is -2.41. The molecule has 7 aromatic rings. The number of rotatable bonds is 5. The van der Waals surface area contributed by atoms with Crippen molar-refractivity contribution in [1.82, 2.24) is 0 Å². The van der Waals surface area contributed by atoms with Gasteiger partial charge in [-0.15, -0.1) is 0 Å². The summed E-state index contributed by atoms with van der Waals surface area (Å²) in [7, 11) is 0. The summed E-state index contributed by atoms with van der Waals surface area (Å²) in [4.78, 5) is 0. The van der Waals surface area contributed by atoms with Gasteiger partial charge < -0.3 is 0 Å². The summed E-state index contributed by atoms with van der Waals surface area (Å²) in [6.45, 7) is 2.36. The van der Waals surface area contributed by atoms with Gasteiger partial charge in [-0.3, -0.25) is 0 Å². The molecule has 0 N–H and O–H groups in total. The first-order chi connectivity index (χ1) is 22.7. The van der Waals surface area contributed by atoms with Crippen LogP contribution >= 0.6 is 0 Å². The summed E-state index contributed by atoms with van der Waals surface area (Å²) < 4.78 is 0. The quantitative estimate of drug-likeness (QED) is 0.188. The topological polar surface area (TPSA) is 0 Å². The monoisotopic (exact) mass is 586 g/mol. The molecule has 7 aromatic carbocycles. The molecule has 0 radical (unpaired) electrons. The molecule has 0 bridgehead atoms. The molecule has 2 aliphatic rings. The SMILES string of the molecule is CC1=Cc2cc(-c3cccc4ccccc34)ccc2C1C(c1ccccc1)(c1ccccc1)C1c2ccccc2-c2ccccc21. The normalized spacial score (nSPS) is 15.3. The van der Waals surface area contributed by atoms with Gasteiger partial charge in [0, 0.05) is 17.3 Å². The Morgan fingerprint density at radius 3 is 1.65 bits per heavy atom. The van der Waals surface area contributed by atoms with Gasteiger partial charge in [0.25, 0.3) is 0 Å². The highest BCUT2D eigenvalue weighted by atomic mass is 14.6. The summed E-state index contributed by atoms with van der Waals surface area (Å²) in [5.74, 6) is 0.264. The molecular weight excluding hydrogens is 553 g/mol. The van der Waals surface area contributed by atoms with Gasteiger partial charge in [0.15, 0.2) is 0 Å². The van der Waals surface area contributed by atoms with Gasteiger partial charge in [-0.25, -0.2) is 0 Å². The van der Waals surface area contributed by atoms with Gasteiger partial charge in [0.05, 0.1) is 0 Å². The van der Waals surface area contributed by atoms with E-state index in [0.29, 0.717) is 0 Å². The fourth-order valence-electron chi connectivity index (χ4n) is 8.86. The van der Waals surface area contributed by atoms with Crippen LogP contribution in [0.5, 0.6) is 0 Å². The predicted molar refractivity (Wildman–Crippen MR) is 193 cm³/mol. The molecular formula is C46H34. The molecule has 0 heterocycles. The smallest absolute Gasteiger partial charge is 0.0418 e. The lowest BCUT2D eigenvalue weighted by atomic mass is 9.54. The van der Waals surface area contributed by atoms with Crippen LogP contribution in [0.4, 0.5) is 0 Å². The summed E-state index contributed by atoms with van der Waals surface area (Å²) in [5.41, 5.74) is 14.5. The van der Waals surface area contributed by atoms with E-state index in [1.807, 2.05) is 0 Å². The predicted octanol–water partition coefficient (Wildman–Crippen LogP) is 11.8. The lowest BCUT2D eigenvalue weighted by molar-refractivity contribution is 0.405. The Bertz CT molecular complexity index is 2180. The molecule has 0 spiro atoms. The van der Waals surface area contributed by atoms with E-state index in [2.05, 4.69) is 183 Å². The first-order valence-corrected chi connectivity index (χ1v) is 16.3. The van der Waals surface area contributed by atoms with E-state index in [1.54, 1.807) is 0 Å². The molecule has 9 rings (SSSR count). The Balaban J connectivity index is 1.34. The minimum Gasteiger partial charge on any atom is -0.0639 e. The molecule has 0 nitrogen and oxygen atoms in total. The van der Waals surface area contributed by atoms with Crippen molar-refractivity contribution in [1.29, 1.82) is 0 Å². The largest absolute Gasteiger partial charge is 0.0639 e. The highest BCUT2D eigenvalue weighted by Crippen LogP contribution is 2.64. The standard InChI is InChI=1S/C46H34/c1-31-29-34-30-33(38-26-14-16-32-15-8-9-21-37(32)38)27-28-39(34)44(31)46(35-17-4-2-5-18-35,36-19-6-3-7-20-36)45-42-24-12-10-22-40(42)41-23-11-13-25-43(41)45/h2-30,44-45H,1H3. The van der Waals surface area contributed by atoms with Gasteiger partial charge in [-0.05, 0) is 79.4 Å². The zero-order chi connectivity index (χ0) is 30.7. The van der Waals surface area contributed by atoms with Crippen LogP contribution in [0.25, 0.3) is 39.1 Å². The van der Waals surface area contributed by atoms with E-state index >= 15 is 0 Å². The molecule has 0 fully saturated rings. The van der Waals surface area contributed by atoms with Crippen LogP contribution in [0, 0.1) is 0 Å². The second-order valence-corrected chi connectivity index (χ2v) is 12.9. The molecule has 46 heavy (non-hydrogen) atoms. The van der Waals surface area contributed by atoms with Crippen molar-refractivity contribution in [2.75, 3.05) is 0 Å². The molecule has 1 atom stereocenters. The average molecular weight is 587 g/mol. The van der Waals surface area contributed by atoms with Gasteiger partial charge in [-0.2, -0.15) is 0 Å². The minimum atomic E-state index is -0.391. The van der Waals surface area contributed by atoms with Crippen LogP contribution in [-0.2, 0) is 5.41 Å². The van der Waals surface area contributed by atoms with E-state index in [0.717, 1.165) is 0 Å². The van der Waals surface area contributed by atoms with Crippen LogP contribution in [0.3, 0.4) is 0 Å². The van der Waals surface area contributed by atoms with Crippen LogP contribution < -0.4 is 0 Å². The van der Waals surface area contributed by atoms with E-state index in [-0.39, 0.29) is 11.8 Å². The molecule has 1 unspecified atom stereocenters. The van der Waals surface area contributed by atoms with Gasteiger partial charge in [-0.1, -0.05) is 175 Å². The van der Waals surface area contributed by atoms with E-state index in [9.17, 15) is 0 Å². The zero-order valence-corrected chi connectivity index (χ0v) is 25.9. The van der Waals surface area contributed by atoms with Gasteiger partial charge in [0.1, 0.15) is 0 Å². The summed E-state index contributed by atoms with van der Waals surface area (Å²) >= 11 is 0. The minimum absolute atomic E-state index is 0.127. The highest BCUT2D eigenvalue weighted by Gasteiger charge is 2.54. The molecule has 0 amide bonds. The maximum Gasteiger partial charge on any atom is 0.0418 e. The van der Waals surface area contributed by atoms with Crippen molar-refractivity contribution in [2.24, 2.45) is 0 Å². The van der Waals surface area contributed by atoms with E-state index in [1.165, 1.54) is 72.0 Å². The fraction of sp³-hybridized carbons (Fsp3) is 0.0870. The Kier molecular flexibility index (Phi) is 6.18. The average Bonchev–Trinajstić information content (AvgIpc) is 3.64. The van der Waals surface area contributed by atoms with Crippen molar-refractivity contribution < 1.29 is 0 Å². The Morgan fingerprint density at radius 2 is 0.978 bits per heavy atom. The number of allylic oxidation sites excluding steroid dienone is 1.